The molecule has 0 atom stereocenters. The Bertz CT molecular complexity index is 1350. The number of benzene rings is 1. The van der Waals surface area contributed by atoms with Crippen molar-refractivity contribution in [2.45, 2.75) is 20.0 Å². The number of fused-ring (bicyclic) bond motifs is 1. The van der Waals surface area contributed by atoms with Crippen LogP contribution in [-0.4, -0.2) is 26.1 Å². The van der Waals surface area contributed by atoms with Crippen LogP contribution in [0, 0.1) is 17.1 Å². The summed E-state index contributed by atoms with van der Waals surface area (Å²) < 4.78 is 44.6. The first-order chi connectivity index (χ1) is 15.4. The summed E-state index contributed by atoms with van der Waals surface area (Å²) in [7, 11) is 0. The number of nitrogens with one attached hydrogen (secondary N) is 1. The fraction of sp³-hybridized carbons (Fsp3) is 0.143. The second kappa shape index (κ2) is 8.72. The molecule has 0 saturated heterocycles. The average molecular weight is 459 g/mol. The van der Waals surface area contributed by atoms with Gasteiger partial charge in [0, 0.05) is 24.4 Å². The van der Waals surface area contributed by atoms with Crippen molar-refractivity contribution < 1.29 is 17.9 Å². The molecular weight excluding hydrogens is 445 g/mol. The van der Waals surface area contributed by atoms with E-state index in [0.717, 1.165) is 12.1 Å². The molecule has 0 radical (unpaired) electrons. The van der Waals surface area contributed by atoms with E-state index in [0.29, 0.717) is 34.2 Å². The van der Waals surface area contributed by atoms with Gasteiger partial charge in [-0.25, -0.2) is 19.3 Å². The summed E-state index contributed by atoms with van der Waals surface area (Å²) in [4.78, 5) is 13.2. The molecular formula is C21H14ClF3N6O. The number of nitrogens with zero attached hydrogens (tertiary/aromatic N) is 5. The van der Waals surface area contributed by atoms with Gasteiger partial charge in [-0.05, 0) is 30.3 Å². The maximum absolute atomic E-state index is 14.1. The lowest BCUT2D eigenvalue weighted by molar-refractivity contribution is -0.0521. The van der Waals surface area contributed by atoms with Crippen LogP contribution in [0.1, 0.15) is 18.3 Å². The van der Waals surface area contributed by atoms with E-state index >= 15 is 0 Å². The van der Waals surface area contributed by atoms with E-state index in [1.165, 1.54) is 18.3 Å². The zero-order chi connectivity index (χ0) is 22.8. The van der Waals surface area contributed by atoms with Gasteiger partial charge in [-0.15, -0.1) is 0 Å². The third-order valence-electron chi connectivity index (χ3n) is 4.45. The van der Waals surface area contributed by atoms with E-state index in [4.69, 9.17) is 11.6 Å². The van der Waals surface area contributed by atoms with Crippen molar-refractivity contribution in [1.29, 1.82) is 5.26 Å². The molecule has 0 unspecified atom stereocenters. The number of nitriles is 1. The predicted molar refractivity (Wildman–Crippen MR) is 112 cm³/mol. The standard InChI is InChI=1S/C21H14ClF3N6O/c1-2-18-30-20-15(7-12(22)10-27-20)31(18)19-6-11(9-26)5-17(29-19)28-13-3-4-16(14(23)8-13)32-21(24)25/h3-8,10,21H,2H2,1H3,(H,28,29). The van der Waals surface area contributed by atoms with Gasteiger partial charge in [0.05, 0.1) is 22.2 Å². The van der Waals surface area contributed by atoms with Crippen LogP contribution in [0.25, 0.3) is 17.0 Å². The smallest absolute Gasteiger partial charge is 0.387 e. The number of aryl methyl sites for hydroxylation is 1. The molecule has 162 valence electrons. The molecule has 11 heteroatoms. The van der Waals surface area contributed by atoms with E-state index in [1.807, 2.05) is 6.92 Å². The number of imidazole rings is 1. The predicted octanol–water partition coefficient (Wildman–Crippen LogP) is 5.39. The molecule has 0 amide bonds. The maximum atomic E-state index is 14.1. The Morgan fingerprint density at radius 1 is 1.22 bits per heavy atom. The molecule has 4 rings (SSSR count). The third-order valence-corrected chi connectivity index (χ3v) is 4.66. The summed E-state index contributed by atoms with van der Waals surface area (Å²) in [5.74, 6) is -0.274. The first-order valence-corrected chi connectivity index (χ1v) is 9.72. The molecule has 3 heterocycles. The molecule has 32 heavy (non-hydrogen) atoms. The molecule has 0 fully saturated rings. The molecule has 0 aliphatic rings. The number of alkyl halides is 2. The number of anilines is 2. The van der Waals surface area contributed by atoms with E-state index in [9.17, 15) is 18.4 Å². The van der Waals surface area contributed by atoms with Crippen molar-refractivity contribution >= 4 is 34.3 Å². The Balaban J connectivity index is 1.77. The third kappa shape index (κ3) is 4.29. The highest BCUT2D eigenvalue weighted by molar-refractivity contribution is 6.31. The van der Waals surface area contributed by atoms with Gasteiger partial charge in [-0.1, -0.05) is 18.5 Å². The molecule has 1 aromatic carbocycles. The van der Waals surface area contributed by atoms with Crippen molar-refractivity contribution in [3.8, 4) is 17.6 Å². The quantitative estimate of drug-likeness (QED) is 0.417. The Morgan fingerprint density at radius 2 is 2.03 bits per heavy atom. The SMILES string of the molecule is CCc1nc2ncc(Cl)cc2n1-c1cc(C#N)cc(Nc2ccc(OC(F)F)c(F)c2)n1. The van der Waals surface area contributed by atoms with Crippen molar-refractivity contribution in [2.24, 2.45) is 0 Å². The molecule has 0 spiro atoms. The van der Waals surface area contributed by atoms with Crippen LogP contribution in [0.3, 0.4) is 0 Å². The number of halogens is 4. The van der Waals surface area contributed by atoms with Crippen LogP contribution in [0.15, 0.2) is 42.6 Å². The number of hydrogen-bond acceptors (Lipinski definition) is 6. The van der Waals surface area contributed by atoms with Crippen molar-refractivity contribution in [1.82, 2.24) is 19.5 Å². The number of rotatable bonds is 6. The first-order valence-electron chi connectivity index (χ1n) is 9.34. The minimum atomic E-state index is -3.14. The number of hydrogen-bond donors (Lipinski definition) is 1. The van der Waals surface area contributed by atoms with Crippen LogP contribution >= 0.6 is 11.6 Å². The molecule has 0 aliphatic heterocycles. The van der Waals surface area contributed by atoms with Gasteiger partial charge in [0.25, 0.3) is 0 Å². The summed E-state index contributed by atoms with van der Waals surface area (Å²) in [5, 5.41) is 12.8. The Hall–Kier alpha value is -3.84. The summed E-state index contributed by atoms with van der Waals surface area (Å²) in [5.41, 5.74) is 1.60. The van der Waals surface area contributed by atoms with Crippen molar-refractivity contribution in [3.63, 3.8) is 0 Å². The topological polar surface area (TPSA) is 88.7 Å². The summed E-state index contributed by atoms with van der Waals surface area (Å²) >= 11 is 6.11. The Kier molecular flexibility index (Phi) is 5.83. The van der Waals surface area contributed by atoms with E-state index < -0.39 is 18.2 Å². The molecule has 1 N–H and O–H groups in total. The lowest BCUT2D eigenvalue weighted by Crippen LogP contribution is -2.06. The lowest BCUT2D eigenvalue weighted by Gasteiger charge is -2.12. The highest BCUT2D eigenvalue weighted by Gasteiger charge is 2.16. The zero-order valence-corrected chi connectivity index (χ0v) is 17.2. The zero-order valence-electron chi connectivity index (χ0n) is 16.5. The Morgan fingerprint density at radius 3 is 2.72 bits per heavy atom. The van der Waals surface area contributed by atoms with Crippen LogP contribution in [0.2, 0.25) is 5.02 Å². The average Bonchev–Trinajstić information content (AvgIpc) is 3.13. The van der Waals surface area contributed by atoms with E-state index in [-0.39, 0.29) is 17.1 Å². The number of ether oxygens (including phenoxy) is 1. The van der Waals surface area contributed by atoms with Gasteiger partial charge < -0.3 is 10.1 Å². The van der Waals surface area contributed by atoms with Gasteiger partial charge in [0.2, 0.25) is 0 Å². The highest BCUT2D eigenvalue weighted by atomic mass is 35.5. The monoisotopic (exact) mass is 458 g/mol. The molecule has 3 aromatic heterocycles. The molecule has 4 aromatic rings. The number of pyridine rings is 2. The van der Waals surface area contributed by atoms with E-state index in [1.54, 1.807) is 16.7 Å². The molecule has 0 bridgehead atoms. The first kappa shape index (κ1) is 21.4. The van der Waals surface area contributed by atoms with Gasteiger partial charge >= 0.3 is 6.61 Å². The van der Waals surface area contributed by atoms with Crippen molar-refractivity contribution in [3.05, 3.63) is 64.8 Å². The second-order valence-electron chi connectivity index (χ2n) is 6.57. The van der Waals surface area contributed by atoms with Gasteiger partial charge in [0.1, 0.15) is 17.5 Å². The van der Waals surface area contributed by atoms with Crippen LogP contribution in [0.4, 0.5) is 24.7 Å². The van der Waals surface area contributed by atoms with Crippen LogP contribution in [0.5, 0.6) is 5.75 Å². The van der Waals surface area contributed by atoms with Gasteiger partial charge in [-0.2, -0.15) is 14.0 Å². The maximum Gasteiger partial charge on any atom is 0.387 e. The van der Waals surface area contributed by atoms with Gasteiger partial charge in [0.15, 0.2) is 17.2 Å². The van der Waals surface area contributed by atoms with Crippen molar-refractivity contribution in [2.75, 3.05) is 5.32 Å². The van der Waals surface area contributed by atoms with E-state index in [2.05, 4.69) is 31.1 Å². The van der Waals surface area contributed by atoms with Crippen LogP contribution < -0.4 is 10.1 Å². The summed E-state index contributed by atoms with van der Waals surface area (Å²) in [6.45, 7) is -1.22. The summed E-state index contributed by atoms with van der Waals surface area (Å²) in [6, 6.07) is 10.2. The Labute approximate surface area is 185 Å². The summed E-state index contributed by atoms with van der Waals surface area (Å²) in [6.07, 6.45) is 2.05. The minimum absolute atomic E-state index is 0.230. The normalized spacial score (nSPS) is 11.0. The molecule has 7 nitrogen and oxygen atoms in total. The van der Waals surface area contributed by atoms with Crippen LogP contribution in [-0.2, 0) is 6.42 Å². The molecule has 0 aliphatic carbocycles. The highest BCUT2D eigenvalue weighted by Crippen LogP contribution is 2.27. The van der Waals surface area contributed by atoms with Gasteiger partial charge in [-0.3, -0.25) is 4.57 Å². The molecule has 0 saturated carbocycles. The largest absolute Gasteiger partial charge is 0.432 e. The minimum Gasteiger partial charge on any atom is -0.432 e. The fourth-order valence-electron chi connectivity index (χ4n) is 3.15. The fourth-order valence-corrected chi connectivity index (χ4v) is 3.31. The second-order valence-corrected chi connectivity index (χ2v) is 7.01. The number of aromatic nitrogens is 4. The lowest BCUT2D eigenvalue weighted by atomic mass is 10.2.